The maximum atomic E-state index is 2.36. The van der Waals surface area contributed by atoms with Gasteiger partial charge in [0.25, 0.3) is 0 Å². The van der Waals surface area contributed by atoms with E-state index in [1.54, 1.807) is 0 Å². The monoisotopic (exact) mass is 649 g/mol. The first-order valence-corrected chi connectivity index (χ1v) is 17.5. The van der Waals surface area contributed by atoms with E-state index in [1.807, 2.05) is 0 Å². The first kappa shape index (κ1) is 30.4. The number of rotatable bonds is 7. The second kappa shape index (κ2) is 13.3. The highest BCUT2D eigenvalue weighted by atomic mass is 15.1. The molecule has 9 aromatic carbocycles. The van der Waals surface area contributed by atoms with Crippen molar-refractivity contribution in [1.82, 2.24) is 0 Å². The van der Waals surface area contributed by atoms with E-state index in [0.29, 0.717) is 0 Å². The Morgan fingerprint density at radius 1 is 0.216 bits per heavy atom. The van der Waals surface area contributed by atoms with Gasteiger partial charge in [-0.25, -0.2) is 0 Å². The molecule has 0 aliphatic carbocycles. The number of fused-ring (bicyclic) bond motifs is 3. The maximum absolute atomic E-state index is 2.36. The molecule has 1 heteroatoms. The fourth-order valence-corrected chi connectivity index (χ4v) is 7.46. The van der Waals surface area contributed by atoms with Crippen molar-refractivity contribution in [2.24, 2.45) is 0 Å². The summed E-state index contributed by atoms with van der Waals surface area (Å²) in [4.78, 5) is 2.36. The third kappa shape index (κ3) is 5.75. The normalized spacial score (nSPS) is 11.1. The molecule has 240 valence electrons. The molecule has 0 amide bonds. The Kier molecular flexibility index (Phi) is 7.92. The first-order valence-electron chi connectivity index (χ1n) is 17.5. The second-order valence-electron chi connectivity index (χ2n) is 12.9. The van der Waals surface area contributed by atoms with Crippen LogP contribution in [0.1, 0.15) is 0 Å². The van der Waals surface area contributed by atoms with Crippen molar-refractivity contribution in [1.29, 1.82) is 0 Å². The molecule has 0 saturated carbocycles. The maximum Gasteiger partial charge on any atom is 0.0467 e. The molecule has 0 aromatic heterocycles. The van der Waals surface area contributed by atoms with E-state index in [-0.39, 0.29) is 0 Å². The molecule has 0 heterocycles. The molecule has 0 N–H and O–H groups in total. The van der Waals surface area contributed by atoms with Crippen LogP contribution in [0.3, 0.4) is 0 Å². The molecular weight excluding hydrogens is 615 g/mol. The molecule has 0 spiro atoms. The van der Waals surface area contributed by atoms with Gasteiger partial charge in [0.1, 0.15) is 0 Å². The van der Waals surface area contributed by atoms with Crippen LogP contribution in [0.4, 0.5) is 17.1 Å². The number of benzene rings is 9. The van der Waals surface area contributed by atoms with Crippen LogP contribution >= 0.6 is 0 Å². The topological polar surface area (TPSA) is 3.24 Å². The summed E-state index contributed by atoms with van der Waals surface area (Å²) in [6, 6.07) is 76.5. The lowest BCUT2D eigenvalue weighted by atomic mass is 9.85. The number of anilines is 3. The van der Waals surface area contributed by atoms with Crippen molar-refractivity contribution in [3.8, 4) is 44.5 Å². The predicted octanol–water partition coefficient (Wildman–Crippen LogP) is 14.1. The van der Waals surface area contributed by atoms with Gasteiger partial charge in [-0.15, -0.1) is 0 Å². The van der Waals surface area contributed by atoms with Crippen molar-refractivity contribution < 1.29 is 0 Å². The van der Waals surface area contributed by atoms with Crippen LogP contribution in [0.2, 0.25) is 0 Å². The first-order chi connectivity index (χ1) is 25.3. The summed E-state index contributed by atoms with van der Waals surface area (Å²) in [5.74, 6) is 0. The van der Waals surface area contributed by atoms with Gasteiger partial charge in [0, 0.05) is 17.1 Å². The highest BCUT2D eigenvalue weighted by Gasteiger charge is 2.19. The van der Waals surface area contributed by atoms with Crippen molar-refractivity contribution in [3.63, 3.8) is 0 Å². The molecule has 0 fully saturated rings. The van der Waals surface area contributed by atoms with Crippen LogP contribution < -0.4 is 4.90 Å². The summed E-state index contributed by atoms with van der Waals surface area (Å²) in [5.41, 5.74) is 13.1. The van der Waals surface area contributed by atoms with Crippen LogP contribution in [0.25, 0.3) is 66.1 Å². The van der Waals surface area contributed by atoms with Gasteiger partial charge >= 0.3 is 0 Å². The zero-order valence-corrected chi connectivity index (χ0v) is 28.2. The molecule has 51 heavy (non-hydrogen) atoms. The van der Waals surface area contributed by atoms with Crippen LogP contribution in [0.15, 0.2) is 212 Å². The molecular formula is C50H35N. The molecule has 9 rings (SSSR count). The molecule has 0 aliphatic heterocycles. The van der Waals surface area contributed by atoms with Crippen LogP contribution in [-0.2, 0) is 0 Å². The van der Waals surface area contributed by atoms with Gasteiger partial charge in [-0.3, -0.25) is 0 Å². The Hall–Kier alpha value is -6.70. The number of hydrogen-bond donors (Lipinski definition) is 0. The minimum absolute atomic E-state index is 1.11. The lowest BCUT2D eigenvalue weighted by molar-refractivity contribution is 1.28. The number of para-hydroxylation sites is 1. The van der Waals surface area contributed by atoms with E-state index < -0.39 is 0 Å². The highest BCUT2D eigenvalue weighted by Crippen LogP contribution is 2.46. The van der Waals surface area contributed by atoms with E-state index in [4.69, 9.17) is 0 Å². The van der Waals surface area contributed by atoms with Gasteiger partial charge in [0.2, 0.25) is 0 Å². The van der Waals surface area contributed by atoms with E-state index >= 15 is 0 Å². The third-order valence-corrected chi connectivity index (χ3v) is 9.85. The minimum Gasteiger partial charge on any atom is -0.310 e. The van der Waals surface area contributed by atoms with E-state index in [2.05, 4.69) is 217 Å². The Bertz CT molecular complexity index is 2590. The molecule has 0 atom stereocenters. The summed E-state index contributed by atoms with van der Waals surface area (Å²) >= 11 is 0. The lowest BCUT2D eigenvalue weighted by Crippen LogP contribution is -2.09. The van der Waals surface area contributed by atoms with Gasteiger partial charge < -0.3 is 4.90 Å². The zero-order chi connectivity index (χ0) is 34.0. The molecule has 0 unspecified atom stereocenters. The average Bonchev–Trinajstić information content (AvgIpc) is 3.22. The van der Waals surface area contributed by atoms with Gasteiger partial charge in [-0.05, 0) is 102 Å². The van der Waals surface area contributed by atoms with Gasteiger partial charge in [-0.2, -0.15) is 0 Å². The standard InChI is InChI=1S/C50H35N/c1-4-15-36(16-5-1)37-27-29-38(30-28-37)39-31-33-43(34-32-39)51(42-20-8-3-9-21-42)44-22-14-19-41(35-44)50-48-26-13-11-24-46(48)45-23-10-12-25-47(45)49(50)40-17-6-2-7-18-40/h1-35H. The van der Waals surface area contributed by atoms with Crippen LogP contribution in [-0.4, -0.2) is 0 Å². The molecule has 0 bridgehead atoms. The SMILES string of the molecule is c1ccc(-c2ccc(-c3ccc(N(c4ccccc4)c4cccc(-c5c(-c6ccccc6)c6ccccc6c6ccccc56)c4)cc3)cc2)cc1. The Balaban J connectivity index is 1.17. The number of hydrogen-bond acceptors (Lipinski definition) is 1. The second-order valence-corrected chi connectivity index (χ2v) is 12.9. The third-order valence-electron chi connectivity index (χ3n) is 9.85. The molecule has 0 aliphatic rings. The van der Waals surface area contributed by atoms with Crippen molar-refractivity contribution in [2.75, 3.05) is 4.90 Å². The summed E-state index contributed by atoms with van der Waals surface area (Å²) in [6.07, 6.45) is 0. The van der Waals surface area contributed by atoms with E-state index in [1.165, 1.54) is 66.1 Å². The van der Waals surface area contributed by atoms with Crippen molar-refractivity contribution in [3.05, 3.63) is 212 Å². The van der Waals surface area contributed by atoms with E-state index in [0.717, 1.165) is 17.1 Å². The zero-order valence-electron chi connectivity index (χ0n) is 28.2. The summed E-state index contributed by atoms with van der Waals surface area (Å²) in [5, 5.41) is 5.05. The van der Waals surface area contributed by atoms with Crippen LogP contribution in [0.5, 0.6) is 0 Å². The fraction of sp³-hybridized carbons (Fsp3) is 0. The van der Waals surface area contributed by atoms with Crippen LogP contribution in [0, 0.1) is 0 Å². The van der Waals surface area contributed by atoms with E-state index in [9.17, 15) is 0 Å². The Morgan fingerprint density at radius 3 is 1.12 bits per heavy atom. The number of nitrogens with zero attached hydrogens (tertiary/aromatic N) is 1. The predicted molar refractivity (Wildman–Crippen MR) is 218 cm³/mol. The molecule has 1 nitrogen and oxygen atoms in total. The highest BCUT2D eigenvalue weighted by molar-refractivity contribution is 6.21. The Morgan fingerprint density at radius 2 is 0.569 bits per heavy atom. The summed E-state index contributed by atoms with van der Waals surface area (Å²) in [6.45, 7) is 0. The quantitative estimate of drug-likeness (QED) is 0.155. The summed E-state index contributed by atoms with van der Waals surface area (Å²) < 4.78 is 0. The summed E-state index contributed by atoms with van der Waals surface area (Å²) in [7, 11) is 0. The molecule has 9 aromatic rings. The van der Waals surface area contributed by atoms with Crippen molar-refractivity contribution >= 4 is 38.6 Å². The van der Waals surface area contributed by atoms with Gasteiger partial charge in [0.05, 0.1) is 0 Å². The molecule has 0 radical (unpaired) electrons. The minimum atomic E-state index is 1.11. The smallest absolute Gasteiger partial charge is 0.0467 e. The lowest BCUT2D eigenvalue weighted by Gasteiger charge is -2.27. The Labute approximate surface area is 299 Å². The molecule has 0 saturated heterocycles. The largest absolute Gasteiger partial charge is 0.310 e. The van der Waals surface area contributed by atoms with Gasteiger partial charge in [0.15, 0.2) is 0 Å². The fourth-order valence-electron chi connectivity index (χ4n) is 7.46. The van der Waals surface area contributed by atoms with Crippen molar-refractivity contribution in [2.45, 2.75) is 0 Å². The average molecular weight is 650 g/mol. The van der Waals surface area contributed by atoms with Gasteiger partial charge in [-0.1, -0.05) is 176 Å².